The highest BCUT2D eigenvalue weighted by Crippen LogP contribution is 2.21. The van der Waals surface area contributed by atoms with Crippen LogP contribution in [0.5, 0.6) is 0 Å². The van der Waals surface area contributed by atoms with Crippen molar-refractivity contribution in [1.29, 1.82) is 0 Å². The van der Waals surface area contributed by atoms with Crippen LogP contribution >= 0.6 is 0 Å². The Bertz CT molecular complexity index is 672. The Morgan fingerprint density at radius 1 is 1.04 bits per heavy atom. The van der Waals surface area contributed by atoms with Gasteiger partial charge in [0.15, 0.2) is 5.96 Å². The molecule has 0 unspecified atom stereocenters. The van der Waals surface area contributed by atoms with Crippen LogP contribution in [0.15, 0.2) is 29.3 Å². The quantitative estimate of drug-likeness (QED) is 0.385. The first-order chi connectivity index (χ1) is 13.4. The maximum absolute atomic E-state index is 12.4. The van der Waals surface area contributed by atoms with Crippen molar-refractivity contribution in [2.24, 2.45) is 4.99 Å². The maximum atomic E-state index is 12.4. The van der Waals surface area contributed by atoms with Gasteiger partial charge in [-0.25, -0.2) is 0 Å². The smallest absolute Gasteiger partial charge is 0.261 e. The second-order valence-corrected chi connectivity index (χ2v) is 7.42. The second kappa shape index (κ2) is 10.2. The molecule has 2 N–H and O–H groups in total. The summed E-state index contributed by atoms with van der Waals surface area (Å²) in [7, 11) is 0. The molecule has 1 heterocycles. The van der Waals surface area contributed by atoms with Gasteiger partial charge in [-0.2, -0.15) is 0 Å². The lowest BCUT2D eigenvalue weighted by Crippen LogP contribution is -2.43. The monoisotopic (exact) mass is 387 g/mol. The molecule has 154 valence electrons. The molecule has 0 spiro atoms. The number of nitrogens with zero attached hydrogens (tertiary/aromatic N) is 3. The number of benzene rings is 1. The Kier molecular flexibility index (Phi) is 7.99. The van der Waals surface area contributed by atoms with E-state index >= 15 is 0 Å². The second-order valence-electron chi connectivity index (χ2n) is 7.42. The average molecular weight is 388 g/mol. The van der Waals surface area contributed by atoms with E-state index in [-0.39, 0.29) is 11.8 Å². The van der Waals surface area contributed by atoms with Gasteiger partial charge in [-0.3, -0.25) is 24.4 Å². The van der Waals surface area contributed by atoms with Crippen molar-refractivity contribution in [3.8, 4) is 0 Å². The molecule has 1 aromatic carbocycles. The molecule has 7 nitrogen and oxygen atoms in total. The molecular formula is C21H33N5O2. The van der Waals surface area contributed by atoms with E-state index in [1.54, 1.807) is 24.3 Å². The highest BCUT2D eigenvalue weighted by atomic mass is 16.2. The molecule has 0 saturated heterocycles. The number of carbonyl (C=O) groups excluding carboxylic acids is 2. The molecule has 28 heavy (non-hydrogen) atoms. The lowest BCUT2D eigenvalue weighted by atomic mass is 10.1. The summed E-state index contributed by atoms with van der Waals surface area (Å²) in [4.78, 5) is 33.1. The Hall–Kier alpha value is -2.41. The SMILES string of the molecule is CCNC(=NCCN(C(C)C)C(C)C)NCCN1C(=O)c2ccccc2C1=O. The Morgan fingerprint density at radius 2 is 1.61 bits per heavy atom. The molecule has 0 aliphatic carbocycles. The number of rotatable bonds is 9. The zero-order chi connectivity index (χ0) is 20.7. The lowest BCUT2D eigenvalue weighted by Gasteiger charge is -2.29. The molecule has 0 aromatic heterocycles. The summed E-state index contributed by atoms with van der Waals surface area (Å²) in [5, 5.41) is 6.43. The van der Waals surface area contributed by atoms with E-state index in [1.807, 2.05) is 6.92 Å². The number of carbonyl (C=O) groups is 2. The molecule has 1 aliphatic heterocycles. The summed E-state index contributed by atoms with van der Waals surface area (Å²) in [5.74, 6) is 0.245. The Labute approximate surface area is 168 Å². The van der Waals surface area contributed by atoms with E-state index in [9.17, 15) is 9.59 Å². The first-order valence-electron chi connectivity index (χ1n) is 10.1. The third kappa shape index (κ3) is 5.32. The fourth-order valence-electron chi connectivity index (χ4n) is 3.46. The minimum atomic E-state index is -0.228. The van der Waals surface area contributed by atoms with Crippen LogP contribution in [0.4, 0.5) is 0 Å². The Balaban J connectivity index is 1.88. The van der Waals surface area contributed by atoms with Gasteiger partial charge in [0.25, 0.3) is 11.8 Å². The van der Waals surface area contributed by atoms with E-state index in [2.05, 4.69) is 48.2 Å². The minimum Gasteiger partial charge on any atom is -0.357 e. The molecule has 7 heteroatoms. The first-order valence-corrected chi connectivity index (χ1v) is 10.1. The van der Waals surface area contributed by atoms with Gasteiger partial charge in [0, 0.05) is 38.3 Å². The first kappa shape index (κ1) is 21.9. The van der Waals surface area contributed by atoms with Crippen molar-refractivity contribution in [2.75, 3.05) is 32.7 Å². The van der Waals surface area contributed by atoms with Crippen LogP contribution in [0.1, 0.15) is 55.3 Å². The van der Waals surface area contributed by atoms with Crippen molar-refractivity contribution < 1.29 is 9.59 Å². The van der Waals surface area contributed by atoms with Crippen molar-refractivity contribution in [2.45, 2.75) is 46.7 Å². The van der Waals surface area contributed by atoms with Crippen LogP contribution in [0.25, 0.3) is 0 Å². The van der Waals surface area contributed by atoms with Gasteiger partial charge in [0.1, 0.15) is 0 Å². The average Bonchev–Trinajstić information content (AvgIpc) is 2.89. The van der Waals surface area contributed by atoms with Crippen LogP contribution < -0.4 is 10.6 Å². The molecule has 0 atom stereocenters. The highest BCUT2D eigenvalue weighted by Gasteiger charge is 2.34. The van der Waals surface area contributed by atoms with Gasteiger partial charge in [0.05, 0.1) is 17.7 Å². The number of guanidine groups is 1. The van der Waals surface area contributed by atoms with Crippen LogP contribution in [0.2, 0.25) is 0 Å². The summed E-state index contributed by atoms with van der Waals surface area (Å²) < 4.78 is 0. The molecule has 0 saturated carbocycles. The zero-order valence-electron chi connectivity index (χ0n) is 17.7. The normalized spacial score (nSPS) is 14.4. The number of imide groups is 1. The van der Waals surface area contributed by atoms with Gasteiger partial charge in [-0.1, -0.05) is 12.1 Å². The van der Waals surface area contributed by atoms with Crippen LogP contribution in [-0.2, 0) is 0 Å². The third-order valence-corrected chi connectivity index (χ3v) is 4.80. The summed E-state index contributed by atoms with van der Waals surface area (Å²) in [5.41, 5.74) is 0.964. The fourth-order valence-corrected chi connectivity index (χ4v) is 3.46. The molecule has 1 aromatic rings. The van der Waals surface area contributed by atoms with Gasteiger partial charge in [-0.05, 0) is 46.8 Å². The van der Waals surface area contributed by atoms with E-state index in [0.29, 0.717) is 48.8 Å². The predicted molar refractivity (Wildman–Crippen MR) is 113 cm³/mol. The van der Waals surface area contributed by atoms with Crippen LogP contribution in [0.3, 0.4) is 0 Å². The minimum absolute atomic E-state index is 0.228. The van der Waals surface area contributed by atoms with Crippen LogP contribution in [0, 0.1) is 0 Å². The van der Waals surface area contributed by atoms with Crippen LogP contribution in [-0.4, -0.2) is 72.4 Å². The van der Waals surface area contributed by atoms with E-state index < -0.39 is 0 Å². The van der Waals surface area contributed by atoms with E-state index in [0.717, 1.165) is 13.1 Å². The third-order valence-electron chi connectivity index (χ3n) is 4.80. The summed E-state index contributed by atoms with van der Waals surface area (Å²) >= 11 is 0. The van der Waals surface area contributed by atoms with Crippen molar-refractivity contribution in [3.63, 3.8) is 0 Å². The Morgan fingerprint density at radius 3 is 2.11 bits per heavy atom. The molecule has 0 fully saturated rings. The van der Waals surface area contributed by atoms with E-state index in [4.69, 9.17) is 0 Å². The standard InChI is InChI=1S/C21H33N5O2/c1-6-22-21(23-11-13-25(15(2)3)16(4)5)24-12-14-26-19(27)17-9-7-8-10-18(17)20(26)28/h7-10,15-16H,6,11-14H2,1-5H3,(H2,22,23,24). The predicted octanol–water partition coefficient (Wildman–Crippen LogP) is 1.96. The van der Waals surface area contributed by atoms with Gasteiger partial charge >= 0.3 is 0 Å². The zero-order valence-corrected chi connectivity index (χ0v) is 17.7. The summed E-state index contributed by atoms with van der Waals surface area (Å²) in [6.45, 7) is 13.8. The highest BCUT2D eigenvalue weighted by molar-refractivity contribution is 6.21. The number of aliphatic imine (C=N–C) groups is 1. The molecule has 2 rings (SSSR count). The van der Waals surface area contributed by atoms with E-state index in [1.165, 1.54) is 4.90 Å². The number of nitrogens with one attached hydrogen (secondary N) is 2. The summed E-state index contributed by atoms with van der Waals surface area (Å²) in [6, 6.07) is 7.89. The van der Waals surface area contributed by atoms with Crippen molar-refractivity contribution >= 4 is 17.8 Å². The summed E-state index contributed by atoms with van der Waals surface area (Å²) in [6.07, 6.45) is 0. The topological polar surface area (TPSA) is 77.0 Å². The van der Waals surface area contributed by atoms with Gasteiger partial charge in [-0.15, -0.1) is 0 Å². The van der Waals surface area contributed by atoms with Crippen molar-refractivity contribution in [3.05, 3.63) is 35.4 Å². The molecule has 1 aliphatic rings. The fraction of sp³-hybridized carbons (Fsp3) is 0.571. The number of amides is 2. The van der Waals surface area contributed by atoms with Gasteiger partial charge < -0.3 is 10.6 Å². The van der Waals surface area contributed by atoms with Crippen molar-refractivity contribution in [1.82, 2.24) is 20.4 Å². The number of hydrogen-bond acceptors (Lipinski definition) is 4. The number of hydrogen-bond donors (Lipinski definition) is 2. The lowest BCUT2D eigenvalue weighted by molar-refractivity contribution is 0.0657. The molecular weight excluding hydrogens is 354 g/mol. The maximum Gasteiger partial charge on any atom is 0.261 e. The largest absolute Gasteiger partial charge is 0.357 e. The molecule has 2 amide bonds. The molecule has 0 radical (unpaired) electrons. The molecule has 0 bridgehead atoms. The van der Waals surface area contributed by atoms with Gasteiger partial charge in [0.2, 0.25) is 0 Å². The number of fused-ring (bicyclic) bond motifs is 1.